The van der Waals surface area contributed by atoms with Gasteiger partial charge in [-0.3, -0.25) is 0 Å². The standard InChI is InChI=1S/C20H40S/c1-17(2)9-6-10-18(3)11-7-12-19(4)13-8-14-20(5)15-16-21/h15,17-19,21H,6-14,16H2,1-5H3/b20-15+/t18-,19-/m0/s1. The molecule has 1 heteroatoms. The van der Waals surface area contributed by atoms with Crippen LogP contribution in [0.3, 0.4) is 0 Å². The number of hydrogen-bond donors (Lipinski definition) is 1. The summed E-state index contributed by atoms with van der Waals surface area (Å²) in [7, 11) is 0. The van der Waals surface area contributed by atoms with Crippen LogP contribution in [0.5, 0.6) is 0 Å². The molecule has 0 heterocycles. The predicted molar refractivity (Wildman–Crippen MR) is 102 cm³/mol. The minimum atomic E-state index is 0.872. The Morgan fingerprint density at radius 1 is 0.810 bits per heavy atom. The number of thiol groups is 1. The van der Waals surface area contributed by atoms with Crippen molar-refractivity contribution in [2.45, 2.75) is 92.4 Å². The van der Waals surface area contributed by atoms with Gasteiger partial charge in [-0.25, -0.2) is 0 Å². The van der Waals surface area contributed by atoms with Crippen LogP contribution in [0.2, 0.25) is 0 Å². The zero-order chi connectivity index (χ0) is 16.1. The lowest BCUT2D eigenvalue weighted by Crippen LogP contribution is -2.00. The largest absolute Gasteiger partial charge is 0.175 e. The molecule has 0 unspecified atom stereocenters. The zero-order valence-corrected chi connectivity index (χ0v) is 16.2. The summed E-state index contributed by atoms with van der Waals surface area (Å²) in [6, 6.07) is 0. The van der Waals surface area contributed by atoms with Crippen molar-refractivity contribution in [3.63, 3.8) is 0 Å². The summed E-state index contributed by atoms with van der Waals surface area (Å²) in [5.41, 5.74) is 1.51. The van der Waals surface area contributed by atoms with Gasteiger partial charge in [-0.1, -0.05) is 84.3 Å². The third-order valence-corrected chi connectivity index (χ3v) is 4.76. The summed E-state index contributed by atoms with van der Waals surface area (Å²) in [5.74, 6) is 3.58. The molecule has 0 N–H and O–H groups in total. The van der Waals surface area contributed by atoms with E-state index in [1.54, 1.807) is 0 Å². The van der Waals surface area contributed by atoms with Gasteiger partial charge in [-0.05, 0) is 37.5 Å². The van der Waals surface area contributed by atoms with Crippen LogP contribution in [-0.4, -0.2) is 5.75 Å². The Bertz CT molecular complexity index is 255. The van der Waals surface area contributed by atoms with E-state index in [-0.39, 0.29) is 0 Å². The van der Waals surface area contributed by atoms with E-state index >= 15 is 0 Å². The molecule has 0 aromatic rings. The highest BCUT2D eigenvalue weighted by Crippen LogP contribution is 2.21. The maximum atomic E-state index is 4.25. The fourth-order valence-electron chi connectivity index (χ4n) is 2.97. The minimum absolute atomic E-state index is 0.872. The maximum Gasteiger partial charge on any atom is 0.00850 e. The van der Waals surface area contributed by atoms with Crippen LogP contribution in [0.4, 0.5) is 0 Å². The van der Waals surface area contributed by atoms with Gasteiger partial charge < -0.3 is 0 Å². The first-order chi connectivity index (χ1) is 9.95. The van der Waals surface area contributed by atoms with Crippen molar-refractivity contribution < 1.29 is 0 Å². The second-order valence-electron chi connectivity index (χ2n) is 7.59. The molecule has 0 aromatic carbocycles. The molecule has 0 aliphatic rings. The van der Waals surface area contributed by atoms with Gasteiger partial charge in [0, 0.05) is 5.75 Å². The monoisotopic (exact) mass is 312 g/mol. The molecule has 0 amide bonds. The lowest BCUT2D eigenvalue weighted by molar-refractivity contribution is 0.389. The second-order valence-corrected chi connectivity index (χ2v) is 7.96. The van der Waals surface area contributed by atoms with Crippen LogP contribution in [0.25, 0.3) is 0 Å². The SMILES string of the molecule is C/C(=C\CS)CCC[C@@H](C)CCC[C@@H](C)CCCC(C)C. The van der Waals surface area contributed by atoms with E-state index in [2.05, 4.69) is 53.3 Å². The van der Waals surface area contributed by atoms with Gasteiger partial charge in [0.2, 0.25) is 0 Å². The molecular formula is C20H40S. The number of hydrogen-bond acceptors (Lipinski definition) is 1. The zero-order valence-electron chi connectivity index (χ0n) is 15.3. The average molecular weight is 313 g/mol. The number of allylic oxidation sites excluding steroid dienone is 1. The average Bonchev–Trinajstić information content (AvgIpc) is 2.38. The van der Waals surface area contributed by atoms with Gasteiger partial charge in [0.05, 0.1) is 0 Å². The van der Waals surface area contributed by atoms with Crippen LogP contribution >= 0.6 is 12.6 Å². The molecule has 2 atom stereocenters. The Balaban J connectivity index is 3.52. The molecule has 126 valence electrons. The molecular weight excluding hydrogens is 272 g/mol. The minimum Gasteiger partial charge on any atom is -0.175 e. The molecule has 0 aliphatic heterocycles. The lowest BCUT2D eigenvalue weighted by Gasteiger charge is -2.15. The first-order valence-corrected chi connectivity index (χ1v) is 9.85. The molecule has 0 rings (SSSR count). The molecule has 0 bridgehead atoms. The number of rotatable bonds is 13. The van der Waals surface area contributed by atoms with Crippen molar-refractivity contribution in [2.75, 3.05) is 5.75 Å². The molecule has 0 radical (unpaired) electrons. The van der Waals surface area contributed by atoms with E-state index < -0.39 is 0 Å². The topological polar surface area (TPSA) is 0 Å². The highest BCUT2D eigenvalue weighted by atomic mass is 32.1. The van der Waals surface area contributed by atoms with Gasteiger partial charge in [-0.15, -0.1) is 0 Å². The molecule has 21 heavy (non-hydrogen) atoms. The van der Waals surface area contributed by atoms with Crippen molar-refractivity contribution in [1.29, 1.82) is 0 Å². The molecule has 0 saturated heterocycles. The van der Waals surface area contributed by atoms with Gasteiger partial charge in [0.25, 0.3) is 0 Å². The third-order valence-electron chi connectivity index (χ3n) is 4.58. The van der Waals surface area contributed by atoms with Crippen LogP contribution in [0.1, 0.15) is 92.4 Å². The highest BCUT2D eigenvalue weighted by molar-refractivity contribution is 7.80. The van der Waals surface area contributed by atoms with E-state index in [9.17, 15) is 0 Å². The fraction of sp³-hybridized carbons (Fsp3) is 0.900. The summed E-state index contributed by atoms with van der Waals surface area (Å²) in [6.07, 6.45) is 14.8. The van der Waals surface area contributed by atoms with E-state index in [1.807, 2.05) is 0 Å². The smallest absolute Gasteiger partial charge is 0.00850 e. The Hall–Kier alpha value is 0.0900. The molecule has 0 aliphatic carbocycles. The molecule has 0 nitrogen and oxygen atoms in total. The van der Waals surface area contributed by atoms with Crippen LogP contribution < -0.4 is 0 Å². The summed E-state index contributed by atoms with van der Waals surface area (Å²) in [6.45, 7) is 11.8. The van der Waals surface area contributed by atoms with Crippen LogP contribution in [0.15, 0.2) is 11.6 Å². The Morgan fingerprint density at radius 3 is 1.76 bits per heavy atom. The first-order valence-electron chi connectivity index (χ1n) is 9.22. The van der Waals surface area contributed by atoms with Crippen molar-refractivity contribution >= 4 is 12.6 Å². The summed E-state index contributed by atoms with van der Waals surface area (Å²) in [4.78, 5) is 0. The molecule has 0 spiro atoms. The lowest BCUT2D eigenvalue weighted by atomic mass is 9.91. The van der Waals surface area contributed by atoms with Gasteiger partial charge in [0.1, 0.15) is 0 Å². The van der Waals surface area contributed by atoms with Gasteiger partial charge in [0.15, 0.2) is 0 Å². The Morgan fingerprint density at radius 2 is 1.29 bits per heavy atom. The Labute approximate surface area is 140 Å². The molecule has 0 fully saturated rings. The molecule has 0 aromatic heterocycles. The van der Waals surface area contributed by atoms with E-state index in [4.69, 9.17) is 0 Å². The maximum absolute atomic E-state index is 4.25. The summed E-state index contributed by atoms with van der Waals surface area (Å²) >= 11 is 4.25. The van der Waals surface area contributed by atoms with Crippen molar-refractivity contribution in [3.05, 3.63) is 11.6 Å². The summed E-state index contributed by atoms with van der Waals surface area (Å²) in [5, 5.41) is 0. The third kappa shape index (κ3) is 14.8. The molecule has 0 saturated carbocycles. The highest BCUT2D eigenvalue weighted by Gasteiger charge is 2.06. The quantitative estimate of drug-likeness (QED) is 0.267. The Kier molecular flexibility index (Phi) is 13.8. The van der Waals surface area contributed by atoms with E-state index in [1.165, 1.54) is 63.4 Å². The van der Waals surface area contributed by atoms with Crippen LogP contribution in [-0.2, 0) is 0 Å². The van der Waals surface area contributed by atoms with Crippen LogP contribution in [0, 0.1) is 17.8 Å². The summed E-state index contributed by atoms with van der Waals surface area (Å²) < 4.78 is 0. The van der Waals surface area contributed by atoms with Crippen molar-refractivity contribution in [2.24, 2.45) is 17.8 Å². The van der Waals surface area contributed by atoms with Crippen molar-refractivity contribution in [3.8, 4) is 0 Å². The van der Waals surface area contributed by atoms with Gasteiger partial charge in [-0.2, -0.15) is 12.6 Å². The van der Waals surface area contributed by atoms with E-state index in [0.717, 1.165) is 23.5 Å². The second kappa shape index (κ2) is 13.7. The fourth-order valence-corrected chi connectivity index (χ4v) is 3.28. The normalized spacial score (nSPS) is 15.5. The van der Waals surface area contributed by atoms with Crippen molar-refractivity contribution in [1.82, 2.24) is 0 Å². The first kappa shape index (κ1) is 21.1. The predicted octanol–water partition coefficient (Wildman–Crippen LogP) is 7.30. The van der Waals surface area contributed by atoms with E-state index in [0.29, 0.717) is 0 Å². The van der Waals surface area contributed by atoms with Gasteiger partial charge >= 0.3 is 0 Å².